The predicted molar refractivity (Wildman–Crippen MR) is 76.5 cm³/mol. The minimum absolute atomic E-state index is 0.212. The molecule has 1 nitrogen and oxygen atoms in total. The second-order valence-corrected chi connectivity index (χ2v) is 4.55. The van der Waals surface area contributed by atoms with E-state index in [0.717, 1.165) is 34.1 Å². The van der Waals surface area contributed by atoms with Gasteiger partial charge in [-0.25, -0.2) is 9.37 Å². The highest BCUT2D eigenvalue weighted by molar-refractivity contribution is 5.85. The lowest BCUT2D eigenvalue weighted by molar-refractivity contribution is 0.629. The normalized spacial score (nSPS) is 10.8. The zero-order valence-electron chi connectivity index (χ0n) is 10.7. The van der Waals surface area contributed by atoms with E-state index in [1.54, 1.807) is 12.1 Å². The van der Waals surface area contributed by atoms with Crippen LogP contribution >= 0.6 is 0 Å². The molecular formula is C17H14FN. The van der Waals surface area contributed by atoms with E-state index in [9.17, 15) is 4.39 Å². The highest BCUT2D eigenvalue weighted by Gasteiger charge is 2.07. The van der Waals surface area contributed by atoms with Crippen molar-refractivity contribution in [3.8, 4) is 11.3 Å². The number of pyridine rings is 1. The third-order valence-electron chi connectivity index (χ3n) is 3.31. The third-order valence-corrected chi connectivity index (χ3v) is 3.31. The number of hydrogen-bond donors (Lipinski definition) is 0. The molecule has 0 saturated heterocycles. The van der Waals surface area contributed by atoms with E-state index in [1.807, 2.05) is 30.3 Å². The van der Waals surface area contributed by atoms with Crippen LogP contribution in [-0.2, 0) is 6.42 Å². The number of hydrogen-bond acceptors (Lipinski definition) is 1. The van der Waals surface area contributed by atoms with Gasteiger partial charge in [0.2, 0.25) is 0 Å². The van der Waals surface area contributed by atoms with Crippen molar-refractivity contribution in [3.05, 3.63) is 66.0 Å². The average Bonchev–Trinajstić information content (AvgIpc) is 2.47. The van der Waals surface area contributed by atoms with E-state index in [-0.39, 0.29) is 5.82 Å². The second-order valence-electron chi connectivity index (χ2n) is 4.55. The van der Waals surface area contributed by atoms with Gasteiger partial charge in [0.05, 0.1) is 11.2 Å². The largest absolute Gasteiger partial charge is 0.248 e. The maximum atomic E-state index is 13.3. The second kappa shape index (κ2) is 4.81. The van der Waals surface area contributed by atoms with Gasteiger partial charge in [-0.1, -0.05) is 37.3 Å². The lowest BCUT2D eigenvalue weighted by Crippen LogP contribution is -1.92. The van der Waals surface area contributed by atoms with Crippen molar-refractivity contribution >= 4 is 10.9 Å². The molecule has 0 saturated carbocycles. The molecule has 94 valence electrons. The molecule has 0 radical (unpaired) electrons. The van der Waals surface area contributed by atoms with Crippen LogP contribution in [0.3, 0.4) is 0 Å². The first-order valence-corrected chi connectivity index (χ1v) is 6.42. The van der Waals surface area contributed by atoms with E-state index in [4.69, 9.17) is 0 Å². The summed E-state index contributed by atoms with van der Waals surface area (Å²) < 4.78 is 13.3. The van der Waals surface area contributed by atoms with Gasteiger partial charge in [-0.3, -0.25) is 0 Å². The van der Waals surface area contributed by atoms with Crippen molar-refractivity contribution in [2.24, 2.45) is 0 Å². The zero-order valence-corrected chi connectivity index (χ0v) is 10.7. The lowest BCUT2D eigenvalue weighted by Gasteiger charge is -2.08. The minimum atomic E-state index is -0.212. The molecule has 0 spiro atoms. The molecule has 3 aromatic rings. The maximum Gasteiger partial charge on any atom is 0.123 e. The smallest absolute Gasteiger partial charge is 0.123 e. The van der Waals surface area contributed by atoms with Crippen molar-refractivity contribution in [2.75, 3.05) is 0 Å². The molecule has 0 amide bonds. The molecule has 1 aromatic heterocycles. The van der Waals surface area contributed by atoms with Gasteiger partial charge in [0.25, 0.3) is 0 Å². The van der Waals surface area contributed by atoms with E-state index in [1.165, 1.54) is 6.07 Å². The van der Waals surface area contributed by atoms with Gasteiger partial charge in [0.15, 0.2) is 0 Å². The number of rotatable bonds is 2. The predicted octanol–water partition coefficient (Wildman–Crippen LogP) is 4.60. The van der Waals surface area contributed by atoms with Gasteiger partial charge in [-0.05, 0) is 36.2 Å². The van der Waals surface area contributed by atoms with E-state index in [2.05, 4.69) is 18.0 Å². The van der Waals surface area contributed by atoms with Gasteiger partial charge in [-0.15, -0.1) is 0 Å². The Morgan fingerprint density at radius 2 is 1.79 bits per heavy atom. The van der Waals surface area contributed by atoms with E-state index < -0.39 is 0 Å². The monoisotopic (exact) mass is 251 g/mol. The molecule has 0 N–H and O–H groups in total. The Kier molecular flexibility index (Phi) is 3.00. The SMILES string of the molecule is CCc1cc(-c2ccccc2)nc2ccc(F)cc12. The summed E-state index contributed by atoms with van der Waals surface area (Å²) in [4.78, 5) is 4.63. The van der Waals surface area contributed by atoms with Crippen LogP contribution < -0.4 is 0 Å². The number of nitrogens with zero attached hydrogens (tertiary/aromatic N) is 1. The molecule has 0 aliphatic heterocycles. The van der Waals surface area contributed by atoms with Crippen LogP contribution in [0.4, 0.5) is 4.39 Å². The molecule has 0 bridgehead atoms. The molecule has 2 aromatic carbocycles. The number of benzene rings is 2. The van der Waals surface area contributed by atoms with Crippen LogP contribution in [0.2, 0.25) is 0 Å². The van der Waals surface area contributed by atoms with Crippen LogP contribution in [0.15, 0.2) is 54.6 Å². The van der Waals surface area contributed by atoms with Gasteiger partial charge < -0.3 is 0 Å². The van der Waals surface area contributed by atoms with Crippen molar-refractivity contribution in [3.63, 3.8) is 0 Å². The van der Waals surface area contributed by atoms with E-state index in [0.29, 0.717) is 0 Å². The quantitative estimate of drug-likeness (QED) is 0.648. The summed E-state index contributed by atoms with van der Waals surface area (Å²) in [7, 11) is 0. The molecule has 0 unspecified atom stereocenters. The molecular weight excluding hydrogens is 237 g/mol. The third kappa shape index (κ3) is 2.22. The maximum absolute atomic E-state index is 13.3. The van der Waals surface area contributed by atoms with Crippen LogP contribution in [-0.4, -0.2) is 4.98 Å². The molecule has 3 rings (SSSR count). The van der Waals surface area contributed by atoms with Gasteiger partial charge in [0, 0.05) is 10.9 Å². The Balaban J connectivity index is 2.26. The van der Waals surface area contributed by atoms with Crippen LogP contribution in [0.25, 0.3) is 22.2 Å². The van der Waals surface area contributed by atoms with Crippen molar-refractivity contribution in [1.29, 1.82) is 0 Å². The molecule has 0 atom stereocenters. The van der Waals surface area contributed by atoms with Gasteiger partial charge >= 0.3 is 0 Å². The summed E-state index contributed by atoms with van der Waals surface area (Å²) >= 11 is 0. The van der Waals surface area contributed by atoms with Crippen LogP contribution in [0, 0.1) is 5.82 Å². The Bertz CT molecular complexity index is 720. The van der Waals surface area contributed by atoms with E-state index >= 15 is 0 Å². The summed E-state index contributed by atoms with van der Waals surface area (Å²) in [6, 6.07) is 16.9. The first-order chi connectivity index (χ1) is 9.28. The molecule has 2 heteroatoms. The van der Waals surface area contributed by atoms with Crippen molar-refractivity contribution < 1.29 is 4.39 Å². The summed E-state index contributed by atoms with van der Waals surface area (Å²) in [5, 5.41) is 0.905. The zero-order chi connectivity index (χ0) is 13.2. The lowest BCUT2D eigenvalue weighted by atomic mass is 10.0. The first kappa shape index (κ1) is 11.8. The number of aryl methyl sites for hydroxylation is 1. The fourth-order valence-electron chi connectivity index (χ4n) is 2.32. The minimum Gasteiger partial charge on any atom is -0.248 e. The topological polar surface area (TPSA) is 12.9 Å². The standard InChI is InChI=1S/C17H14FN/c1-2-12-10-17(13-6-4-3-5-7-13)19-16-9-8-14(18)11-15(12)16/h3-11H,2H2,1H3. The molecule has 1 heterocycles. The number of halogens is 1. The highest BCUT2D eigenvalue weighted by atomic mass is 19.1. The average molecular weight is 251 g/mol. The molecule has 19 heavy (non-hydrogen) atoms. The summed E-state index contributed by atoms with van der Waals surface area (Å²) in [6.07, 6.45) is 0.863. The Morgan fingerprint density at radius 1 is 1.00 bits per heavy atom. The molecule has 0 aliphatic carbocycles. The summed E-state index contributed by atoms with van der Waals surface area (Å²) in [5.74, 6) is -0.212. The van der Waals surface area contributed by atoms with Crippen LogP contribution in [0.1, 0.15) is 12.5 Å². The Morgan fingerprint density at radius 3 is 2.53 bits per heavy atom. The Labute approximate surface area is 111 Å². The number of fused-ring (bicyclic) bond motifs is 1. The summed E-state index contributed by atoms with van der Waals surface area (Å²) in [6.45, 7) is 2.08. The van der Waals surface area contributed by atoms with Gasteiger partial charge in [-0.2, -0.15) is 0 Å². The fraction of sp³-hybridized carbons (Fsp3) is 0.118. The highest BCUT2D eigenvalue weighted by Crippen LogP contribution is 2.25. The van der Waals surface area contributed by atoms with Crippen LogP contribution in [0.5, 0.6) is 0 Å². The Hall–Kier alpha value is -2.22. The molecule has 0 fully saturated rings. The van der Waals surface area contributed by atoms with Crippen molar-refractivity contribution in [1.82, 2.24) is 4.98 Å². The number of aromatic nitrogens is 1. The molecule has 0 aliphatic rings. The summed E-state index contributed by atoms with van der Waals surface area (Å²) in [5.41, 5.74) is 4.00. The van der Waals surface area contributed by atoms with Crippen molar-refractivity contribution in [2.45, 2.75) is 13.3 Å². The van der Waals surface area contributed by atoms with Gasteiger partial charge in [0.1, 0.15) is 5.82 Å². The fourth-order valence-corrected chi connectivity index (χ4v) is 2.32. The first-order valence-electron chi connectivity index (χ1n) is 6.42.